The van der Waals surface area contributed by atoms with Crippen LogP contribution in [0.3, 0.4) is 0 Å². The van der Waals surface area contributed by atoms with E-state index in [9.17, 15) is 9.59 Å². The van der Waals surface area contributed by atoms with E-state index >= 15 is 0 Å². The number of nitrogens with zero attached hydrogens (tertiary/aromatic N) is 1. The summed E-state index contributed by atoms with van der Waals surface area (Å²) < 4.78 is 4.85. The summed E-state index contributed by atoms with van der Waals surface area (Å²) in [5.41, 5.74) is 1.07. The lowest BCUT2D eigenvalue weighted by atomic mass is 10.0. The number of carbonyl (C=O) groups is 2. The van der Waals surface area contributed by atoms with Crippen molar-refractivity contribution in [2.24, 2.45) is 0 Å². The molecule has 1 aromatic rings. The average Bonchev–Trinajstić information content (AvgIpc) is 2.97. The Hall–Kier alpha value is -2.10. The van der Waals surface area contributed by atoms with Crippen LogP contribution in [-0.4, -0.2) is 29.9 Å². The molecule has 4 heteroatoms. The zero-order valence-electron chi connectivity index (χ0n) is 12.3. The van der Waals surface area contributed by atoms with Gasteiger partial charge in [-0.15, -0.1) is 6.58 Å². The third-order valence-electron chi connectivity index (χ3n) is 3.89. The van der Waals surface area contributed by atoms with E-state index in [1.54, 1.807) is 11.0 Å². The molecule has 0 unspecified atom stereocenters. The third kappa shape index (κ3) is 3.32. The maximum Gasteiger partial charge on any atom is 0.328 e. The van der Waals surface area contributed by atoms with Gasteiger partial charge < -0.3 is 9.64 Å². The lowest BCUT2D eigenvalue weighted by Gasteiger charge is -2.29. The fourth-order valence-electron chi connectivity index (χ4n) is 2.88. The lowest BCUT2D eigenvalue weighted by Crippen LogP contribution is -2.42. The van der Waals surface area contributed by atoms with E-state index in [1.807, 2.05) is 30.3 Å². The zero-order chi connectivity index (χ0) is 15.2. The second kappa shape index (κ2) is 7.07. The van der Waals surface area contributed by atoms with E-state index in [1.165, 1.54) is 7.11 Å². The van der Waals surface area contributed by atoms with E-state index in [0.717, 1.165) is 12.0 Å². The van der Waals surface area contributed by atoms with Gasteiger partial charge in [0, 0.05) is 6.42 Å². The Morgan fingerprint density at radius 2 is 2.05 bits per heavy atom. The van der Waals surface area contributed by atoms with Crippen LogP contribution in [0.1, 0.15) is 37.3 Å². The highest BCUT2D eigenvalue weighted by molar-refractivity contribution is 5.85. The predicted octanol–water partition coefficient (Wildman–Crippen LogP) is 2.86. The van der Waals surface area contributed by atoms with Gasteiger partial charge in [-0.1, -0.05) is 36.4 Å². The van der Waals surface area contributed by atoms with Crippen molar-refractivity contribution in [1.82, 2.24) is 4.90 Å². The lowest BCUT2D eigenvalue weighted by molar-refractivity contribution is -0.152. The van der Waals surface area contributed by atoms with Crippen molar-refractivity contribution < 1.29 is 14.3 Å². The highest BCUT2D eigenvalue weighted by Gasteiger charge is 2.41. The molecular formula is C17H21NO3. The summed E-state index contributed by atoms with van der Waals surface area (Å²) in [7, 11) is 1.37. The van der Waals surface area contributed by atoms with Crippen molar-refractivity contribution in [1.29, 1.82) is 0 Å². The number of hydrogen-bond acceptors (Lipinski definition) is 3. The molecule has 1 fully saturated rings. The monoisotopic (exact) mass is 287 g/mol. The molecule has 4 nitrogen and oxygen atoms in total. The Morgan fingerprint density at radius 1 is 1.33 bits per heavy atom. The van der Waals surface area contributed by atoms with Crippen LogP contribution in [0.5, 0.6) is 0 Å². The number of esters is 1. The molecule has 2 rings (SSSR count). The molecule has 2 atom stereocenters. The molecule has 112 valence electrons. The van der Waals surface area contributed by atoms with E-state index in [-0.39, 0.29) is 17.9 Å². The first kappa shape index (κ1) is 15.3. The highest BCUT2D eigenvalue weighted by atomic mass is 16.5. The maximum atomic E-state index is 12.5. The Kier molecular flexibility index (Phi) is 5.14. The summed E-state index contributed by atoms with van der Waals surface area (Å²) in [6, 6.07) is 9.32. The van der Waals surface area contributed by atoms with Crippen LogP contribution in [0.15, 0.2) is 43.0 Å². The SMILES string of the molecule is C=CCCC(=O)N1[C@H](C(=O)OC)CC[C@H]1c1ccccc1. The molecular weight excluding hydrogens is 266 g/mol. The molecule has 0 spiro atoms. The third-order valence-corrected chi connectivity index (χ3v) is 3.89. The summed E-state index contributed by atoms with van der Waals surface area (Å²) in [6.45, 7) is 3.64. The Bertz CT molecular complexity index is 512. The maximum absolute atomic E-state index is 12.5. The van der Waals surface area contributed by atoms with Gasteiger partial charge in [-0.05, 0) is 24.8 Å². The number of amides is 1. The molecule has 0 bridgehead atoms. The summed E-state index contributed by atoms with van der Waals surface area (Å²) in [5, 5.41) is 0. The Labute approximate surface area is 125 Å². The first-order chi connectivity index (χ1) is 10.2. The predicted molar refractivity (Wildman–Crippen MR) is 80.5 cm³/mol. The van der Waals surface area contributed by atoms with Crippen LogP contribution >= 0.6 is 0 Å². The first-order valence-corrected chi connectivity index (χ1v) is 7.24. The summed E-state index contributed by atoms with van der Waals surface area (Å²) in [4.78, 5) is 26.1. The van der Waals surface area contributed by atoms with Crippen LogP contribution in [-0.2, 0) is 14.3 Å². The standard InChI is InChI=1S/C17H21NO3/c1-3-4-10-16(19)18-14(13-8-6-5-7-9-13)11-12-15(18)17(20)21-2/h3,5-9,14-15H,1,4,10-12H2,2H3/t14-,15-/m0/s1. The van der Waals surface area contributed by atoms with Crippen LogP contribution in [0.2, 0.25) is 0 Å². The van der Waals surface area contributed by atoms with E-state index < -0.39 is 6.04 Å². The molecule has 0 radical (unpaired) electrons. The second-order valence-corrected chi connectivity index (χ2v) is 5.17. The van der Waals surface area contributed by atoms with E-state index in [4.69, 9.17) is 4.74 Å². The Morgan fingerprint density at radius 3 is 2.67 bits per heavy atom. The van der Waals surface area contributed by atoms with Gasteiger partial charge in [0.05, 0.1) is 13.2 Å². The molecule has 0 N–H and O–H groups in total. The smallest absolute Gasteiger partial charge is 0.328 e. The summed E-state index contributed by atoms with van der Waals surface area (Å²) >= 11 is 0. The minimum absolute atomic E-state index is 0.0170. The van der Waals surface area contributed by atoms with Crippen molar-refractivity contribution in [2.75, 3.05) is 7.11 Å². The largest absolute Gasteiger partial charge is 0.467 e. The molecule has 0 aliphatic carbocycles. The van der Waals surface area contributed by atoms with Gasteiger partial charge in [0.15, 0.2) is 0 Å². The van der Waals surface area contributed by atoms with E-state index in [0.29, 0.717) is 19.3 Å². The summed E-state index contributed by atoms with van der Waals surface area (Å²) in [5.74, 6) is -0.350. The number of methoxy groups -OCH3 is 1. The number of hydrogen-bond donors (Lipinski definition) is 0. The number of ether oxygens (including phenoxy) is 1. The molecule has 1 saturated heterocycles. The molecule has 0 saturated carbocycles. The van der Waals surface area contributed by atoms with Gasteiger partial charge >= 0.3 is 5.97 Å². The van der Waals surface area contributed by atoms with Gasteiger partial charge in [0.2, 0.25) is 5.91 Å². The number of carbonyl (C=O) groups excluding carboxylic acids is 2. The average molecular weight is 287 g/mol. The molecule has 1 aliphatic rings. The van der Waals surface area contributed by atoms with Gasteiger partial charge in [0.1, 0.15) is 6.04 Å². The van der Waals surface area contributed by atoms with Crippen molar-refractivity contribution in [3.8, 4) is 0 Å². The molecule has 1 amide bonds. The zero-order valence-corrected chi connectivity index (χ0v) is 12.3. The molecule has 1 heterocycles. The number of likely N-dealkylation sites (tertiary alicyclic amines) is 1. The summed E-state index contributed by atoms with van der Waals surface area (Å²) in [6.07, 6.45) is 4.14. The van der Waals surface area contributed by atoms with Crippen LogP contribution in [0.4, 0.5) is 0 Å². The van der Waals surface area contributed by atoms with Gasteiger partial charge in [-0.25, -0.2) is 4.79 Å². The van der Waals surface area contributed by atoms with Crippen LogP contribution < -0.4 is 0 Å². The first-order valence-electron chi connectivity index (χ1n) is 7.24. The van der Waals surface area contributed by atoms with E-state index in [2.05, 4.69) is 6.58 Å². The fraction of sp³-hybridized carbons (Fsp3) is 0.412. The number of rotatable bonds is 5. The van der Waals surface area contributed by atoms with Gasteiger partial charge in [-0.2, -0.15) is 0 Å². The number of allylic oxidation sites excluding steroid dienone is 1. The second-order valence-electron chi connectivity index (χ2n) is 5.17. The minimum atomic E-state index is -0.475. The minimum Gasteiger partial charge on any atom is -0.467 e. The molecule has 0 aromatic heterocycles. The molecule has 1 aliphatic heterocycles. The van der Waals surface area contributed by atoms with Gasteiger partial charge in [-0.3, -0.25) is 4.79 Å². The number of benzene rings is 1. The van der Waals surface area contributed by atoms with Crippen LogP contribution in [0, 0.1) is 0 Å². The van der Waals surface area contributed by atoms with Gasteiger partial charge in [0.25, 0.3) is 0 Å². The molecule has 21 heavy (non-hydrogen) atoms. The topological polar surface area (TPSA) is 46.6 Å². The van der Waals surface area contributed by atoms with Crippen molar-refractivity contribution in [3.05, 3.63) is 48.6 Å². The van der Waals surface area contributed by atoms with Crippen molar-refractivity contribution in [3.63, 3.8) is 0 Å². The quantitative estimate of drug-likeness (QED) is 0.618. The molecule has 1 aromatic carbocycles. The fourth-order valence-corrected chi connectivity index (χ4v) is 2.88. The normalized spacial score (nSPS) is 21.1. The van der Waals surface area contributed by atoms with Crippen molar-refractivity contribution in [2.45, 2.75) is 37.8 Å². The van der Waals surface area contributed by atoms with Crippen LogP contribution in [0.25, 0.3) is 0 Å². The highest BCUT2D eigenvalue weighted by Crippen LogP contribution is 2.37. The van der Waals surface area contributed by atoms with Crippen molar-refractivity contribution >= 4 is 11.9 Å². The Balaban J connectivity index is 2.25.